The SMILES string of the molecule is CCCOC(=O)CC1CCCC1. The molecule has 12 heavy (non-hydrogen) atoms. The molecule has 0 spiro atoms. The van der Waals surface area contributed by atoms with Gasteiger partial charge in [-0.25, -0.2) is 0 Å². The monoisotopic (exact) mass is 170 g/mol. The summed E-state index contributed by atoms with van der Waals surface area (Å²) in [5.74, 6) is 0.623. The largest absolute Gasteiger partial charge is 0.466 e. The summed E-state index contributed by atoms with van der Waals surface area (Å²) in [6.45, 7) is 2.61. The molecule has 0 aliphatic heterocycles. The maximum absolute atomic E-state index is 11.1. The lowest BCUT2D eigenvalue weighted by atomic mass is 10.0. The third kappa shape index (κ3) is 3.24. The highest BCUT2D eigenvalue weighted by molar-refractivity contribution is 5.69. The fourth-order valence-electron chi connectivity index (χ4n) is 1.73. The van der Waals surface area contributed by atoms with E-state index in [9.17, 15) is 4.79 Å². The van der Waals surface area contributed by atoms with Gasteiger partial charge < -0.3 is 4.74 Å². The van der Waals surface area contributed by atoms with Gasteiger partial charge in [0.1, 0.15) is 0 Å². The molecule has 0 aromatic heterocycles. The van der Waals surface area contributed by atoms with Crippen LogP contribution in [0, 0.1) is 5.92 Å². The number of rotatable bonds is 4. The summed E-state index contributed by atoms with van der Waals surface area (Å²) >= 11 is 0. The zero-order valence-electron chi connectivity index (χ0n) is 7.84. The van der Waals surface area contributed by atoms with E-state index < -0.39 is 0 Å². The summed E-state index contributed by atoms with van der Waals surface area (Å²) in [6, 6.07) is 0. The van der Waals surface area contributed by atoms with Crippen LogP contribution in [0.2, 0.25) is 0 Å². The Bertz CT molecular complexity index is 137. The molecule has 1 aliphatic carbocycles. The molecule has 0 saturated heterocycles. The molecule has 0 aromatic carbocycles. The van der Waals surface area contributed by atoms with Crippen LogP contribution in [0.3, 0.4) is 0 Å². The Labute approximate surface area is 74.3 Å². The summed E-state index contributed by atoms with van der Waals surface area (Å²) < 4.78 is 5.01. The van der Waals surface area contributed by atoms with Crippen molar-refractivity contribution < 1.29 is 9.53 Å². The normalized spacial score (nSPS) is 18.1. The minimum Gasteiger partial charge on any atom is -0.466 e. The molecular weight excluding hydrogens is 152 g/mol. The van der Waals surface area contributed by atoms with Crippen molar-refractivity contribution in [3.63, 3.8) is 0 Å². The molecular formula is C10H18O2. The maximum Gasteiger partial charge on any atom is 0.306 e. The number of ether oxygens (including phenoxy) is 1. The Kier molecular flexibility index (Phi) is 4.12. The number of carbonyl (C=O) groups excluding carboxylic acids is 1. The van der Waals surface area contributed by atoms with Crippen LogP contribution < -0.4 is 0 Å². The Balaban J connectivity index is 2.08. The summed E-state index contributed by atoms with van der Waals surface area (Å²) in [4.78, 5) is 11.1. The molecule has 0 bridgehead atoms. The Morgan fingerprint density at radius 3 is 2.67 bits per heavy atom. The topological polar surface area (TPSA) is 26.3 Å². The molecule has 2 nitrogen and oxygen atoms in total. The molecule has 0 unspecified atom stereocenters. The van der Waals surface area contributed by atoms with Crippen LogP contribution >= 0.6 is 0 Å². The van der Waals surface area contributed by atoms with Crippen LogP contribution in [0.15, 0.2) is 0 Å². The van der Waals surface area contributed by atoms with Crippen molar-refractivity contribution in [2.45, 2.75) is 45.4 Å². The molecule has 0 N–H and O–H groups in total. The van der Waals surface area contributed by atoms with Crippen molar-refractivity contribution in [2.75, 3.05) is 6.61 Å². The van der Waals surface area contributed by atoms with Gasteiger partial charge in [-0.3, -0.25) is 4.79 Å². The van der Waals surface area contributed by atoms with Crippen molar-refractivity contribution in [3.8, 4) is 0 Å². The maximum atomic E-state index is 11.1. The molecule has 1 fully saturated rings. The van der Waals surface area contributed by atoms with E-state index in [2.05, 4.69) is 0 Å². The van der Waals surface area contributed by atoms with Crippen LogP contribution in [0.5, 0.6) is 0 Å². The molecule has 1 rings (SSSR count). The van der Waals surface area contributed by atoms with E-state index in [1.165, 1.54) is 25.7 Å². The lowest BCUT2D eigenvalue weighted by molar-refractivity contribution is -0.144. The van der Waals surface area contributed by atoms with Crippen LogP contribution in [0.25, 0.3) is 0 Å². The van der Waals surface area contributed by atoms with E-state index in [1.807, 2.05) is 6.92 Å². The summed E-state index contributed by atoms with van der Waals surface area (Å²) in [5, 5.41) is 0. The lowest BCUT2D eigenvalue weighted by Crippen LogP contribution is -2.09. The van der Waals surface area contributed by atoms with Crippen LogP contribution in [-0.4, -0.2) is 12.6 Å². The van der Waals surface area contributed by atoms with Crippen molar-refractivity contribution in [1.82, 2.24) is 0 Å². The standard InChI is InChI=1S/C10H18O2/c1-2-7-12-10(11)8-9-5-3-4-6-9/h9H,2-8H2,1H3. The quantitative estimate of drug-likeness (QED) is 0.606. The molecule has 0 atom stereocenters. The van der Waals surface area contributed by atoms with E-state index >= 15 is 0 Å². The average molecular weight is 170 g/mol. The van der Waals surface area contributed by atoms with E-state index in [1.54, 1.807) is 0 Å². The minimum atomic E-state index is 0.00347. The molecule has 2 heteroatoms. The first-order valence-corrected chi connectivity index (χ1v) is 4.98. The highest BCUT2D eigenvalue weighted by Gasteiger charge is 2.18. The van der Waals surface area contributed by atoms with E-state index in [-0.39, 0.29) is 5.97 Å². The summed E-state index contributed by atoms with van der Waals surface area (Å²) in [5.41, 5.74) is 0. The first-order chi connectivity index (χ1) is 5.83. The Hall–Kier alpha value is -0.530. The highest BCUT2D eigenvalue weighted by Crippen LogP contribution is 2.27. The van der Waals surface area contributed by atoms with Gasteiger partial charge in [0.25, 0.3) is 0 Å². The highest BCUT2D eigenvalue weighted by atomic mass is 16.5. The minimum absolute atomic E-state index is 0.00347. The van der Waals surface area contributed by atoms with Gasteiger partial charge in [-0.05, 0) is 25.2 Å². The second kappa shape index (κ2) is 5.18. The van der Waals surface area contributed by atoms with Gasteiger partial charge in [-0.15, -0.1) is 0 Å². The number of carbonyl (C=O) groups is 1. The van der Waals surface area contributed by atoms with Gasteiger partial charge in [0, 0.05) is 6.42 Å². The lowest BCUT2D eigenvalue weighted by Gasteiger charge is -2.07. The molecule has 1 aliphatic rings. The van der Waals surface area contributed by atoms with Crippen molar-refractivity contribution in [2.24, 2.45) is 5.92 Å². The average Bonchev–Trinajstić information content (AvgIpc) is 2.53. The van der Waals surface area contributed by atoms with Gasteiger partial charge in [0.15, 0.2) is 0 Å². The second-order valence-electron chi connectivity index (χ2n) is 3.58. The molecule has 70 valence electrons. The molecule has 1 saturated carbocycles. The first-order valence-electron chi connectivity index (χ1n) is 4.98. The van der Waals surface area contributed by atoms with Gasteiger partial charge in [0.2, 0.25) is 0 Å². The third-order valence-corrected chi connectivity index (χ3v) is 2.40. The van der Waals surface area contributed by atoms with E-state index in [4.69, 9.17) is 4.74 Å². The third-order valence-electron chi connectivity index (χ3n) is 2.40. The van der Waals surface area contributed by atoms with Crippen molar-refractivity contribution in [1.29, 1.82) is 0 Å². The van der Waals surface area contributed by atoms with Crippen LogP contribution in [-0.2, 0) is 9.53 Å². The zero-order valence-corrected chi connectivity index (χ0v) is 7.84. The Morgan fingerprint density at radius 1 is 1.42 bits per heavy atom. The van der Waals surface area contributed by atoms with Gasteiger partial charge in [-0.2, -0.15) is 0 Å². The molecule has 0 aromatic rings. The molecule has 0 radical (unpaired) electrons. The number of hydrogen-bond acceptors (Lipinski definition) is 2. The van der Waals surface area contributed by atoms with Gasteiger partial charge >= 0.3 is 5.97 Å². The predicted octanol–water partition coefficient (Wildman–Crippen LogP) is 2.52. The van der Waals surface area contributed by atoms with Crippen molar-refractivity contribution >= 4 is 5.97 Å². The van der Waals surface area contributed by atoms with E-state index in [0.717, 1.165) is 6.42 Å². The first kappa shape index (κ1) is 9.56. The van der Waals surface area contributed by atoms with Gasteiger partial charge in [-0.1, -0.05) is 19.8 Å². The Morgan fingerprint density at radius 2 is 2.08 bits per heavy atom. The fourth-order valence-corrected chi connectivity index (χ4v) is 1.73. The predicted molar refractivity (Wildman–Crippen MR) is 47.8 cm³/mol. The van der Waals surface area contributed by atoms with Crippen molar-refractivity contribution in [3.05, 3.63) is 0 Å². The van der Waals surface area contributed by atoms with Crippen LogP contribution in [0.1, 0.15) is 45.4 Å². The second-order valence-corrected chi connectivity index (χ2v) is 3.58. The van der Waals surface area contributed by atoms with Crippen LogP contribution in [0.4, 0.5) is 0 Å². The summed E-state index contributed by atoms with van der Waals surface area (Å²) in [6.07, 6.45) is 6.62. The van der Waals surface area contributed by atoms with Gasteiger partial charge in [0.05, 0.1) is 6.61 Å². The molecule has 0 heterocycles. The fraction of sp³-hybridized carbons (Fsp3) is 0.900. The number of hydrogen-bond donors (Lipinski definition) is 0. The zero-order chi connectivity index (χ0) is 8.81. The molecule has 0 amide bonds. The smallest absolute Gasteiger partial charge is 0.306 e. The number of esters is 1. The summed E-state index contributed by atoms with van der Waals surface area (Å²) in [7, 11) is 0. The van der Waals surface area contributed by atoms with E-state index in [0.29, 0.717) is 18.9 Å².